The number of nitrogens with zero attached hydrogens (tertiary/aromatic N) is 2. The van der Waals surface area contributed by atoms with Crippen LogP contribution in [0.3, 0.4) is 0 Å². The maximum absolute atomic E-state index is 13.1. The van der Waals surface area contributed by atoms with Crippen LogP contribution in [0, 0.1) is 0 Å². The third-order valence-corrected chi connectivity index (χ3v) is 6.12. The molecule has 2 aromatic rings. The lowest BCUT2D eigenvalue weighted by Gasteiger charge is -2.28. The highest BCUT2D eigenvalue weighted by Crippen LogP contribution is 2.40. The third-order valence-electron chi connectivity index (χ3n) is 5.25. The highest BCUT2D eigenvalue weighted by Gasteiger charge is 2.43. The van der Waals surface area contributed by atoms with Gasteiger partial charge in [-0.05, 0) is 55.2 Å². The highest BCUT2D eigenvalue weighted by atomic mass is 32.1. The Balaban J connectivity index is 1.94. The van der Waals surface area contributed by atoms with Crippen LogP contribution in [0.15, 0.2) is 53.1 Å². The summed E-state index contributed by atoms with van der Waals surface area (Å²) in [6.45, 7) is 7.24. The third kappa shape index (κ3) is 4.36. The number of ketones is 1. The van der Waals surface area contributed by atoms with E-state index in [1.54, 1.807) is 29.6 Å². The summed E-state index contributed by atoms with van der Waals surface area (Å²) < 4.78 is 0. The molecule has 1 aliphatic heterocycles. The van der Waals surface area contributed by atoms with E-state index in [-0.39, 0.29) is 17.1 Å². The lowest BCUT2D eigenvalue weighted by molar-refractivity contribution is -0.129. The van der Waals surface area contributed by atoms with Gasteiger partial charge in [0, 0.05) is 6.54 Å². The van der Waals surface area contributed by atoms with Gasteiger partial charge >= 0.3 is 0 Å². The van der Waals surface area contributed by atoms with Gasteiger partial charge in [-0.15, -0.1) is 11.3 Å². The summed E-state index contributed by atoms with van der Waals surface area (Å²) in [5.41, 5.74) is 0.677. The molecule has 1 atom stereocenters. The molecule has 154 valence electrons. The molecule has 1 unspecified atom stereocenters. The van der Waals surface area contributed by atoms with Crippen LogP contribution in [-0.4, -0.2) is 57.9 Å². The molecule has 6 nitrogen and oxygen atoms in total. The van der Waals surface area contributed by atoms with Crippen LogP contribution in [-0.2, 0) is 4.79 Å². The number of hydrogen-bond donors (Lipinski definition) is 2. The molecular weight excluding hydrogens is 388 g/mol. The molecule has 7 heteroatoms. The first-order chi connectivity index (χ1) is 14.0. The molecule has 1 aromatic heterocycles. The second-order valence-corrected chi connectivity index (χ2v) is 7.89. The standard InChI is InChI=1S/C22H26N2O4S/c1-3-23(4-2)11-7-12-24-19(15-8-5-9-16(25)14-15)18(21(27)22(24)28)20(26)17-10-6-13-29-17/h5-6,8-10,13-14,19,25,27H,3-4,7,11-12H2,1-2H3. The molecule has 0 saturated carbocycles. The van der Waals surface area contributed by atoms with Gasteiger partial charge in [0.2, 0.25) is 5.78 Å². The number of Topliss-reactive ketones (excluding diaryl/α,β-unsaturated/α-hetero) is 1. The zero-order chi connectivity index (χ0) is 21.0. The van der Waals surface area contributed by atoms with Crippen molar-refractivity contribution in [3.8, 4) is 5.75 Å². The number of thiophene rings is 1. The summed E-state index contributed by atoms with van der Waals surface area (Å²) in [5.74, 6) is -1.35. The summed E-state index contributed by atoms with van der Waals surface area (Å²) in [4.78, 5) is 30.2. The number of phenols is 1. The van der Waals surface area contributed by atoms with Crippen LogP contribution < -0.4 is 0 Å². The van der Waals surface area contributed by atoms with E-state index in [9.17, 15) is 19.8 Å². The number of hydrogen-bond acceptors (Lipinski definition) is 6. The molecule has 0 saturated heterocycles. The Hall–Kier alpha value is -2.64. The lowest BCUT2D eigenvalue weighted by Crippen LogP contribution is -2.34. The number of phenolic OH excluding ortho intramolecular Hbond substituents is 1. The topological polar surface area (TPSA) is 81.1 Å². The number of aliphatic hydroxyl groups is 1. The van der Waals surface area contributed by atoms with Gasteiger partial charge in [-0.1, -0.05) is 32.0 Å². The van der Waals surface area contributed by atoms with Gasteiger partial charge in [-0.2, -0.15) is 0 Å². The van der Waals surface area contributed by atoms with E-state index in [1.807, 2.05) is 0 Å². The predicted octanol–water partition coefficient (Wildman–Crippen LogP) is 3.76. The molecule has 0 fully saturated rings. The van der Waals surface area contributed by atoms with E-state index in [2.05, 4.69) is 18.7 Å². The molecule has 0 spiro atoms. The molecule has 3 rings (SSSR count). The predicted molar refractivity (Wildman–Crippen MR) is 113 cm³/mol. The molecule has 0 aliphatic carbocycles. The monoisotopic (exact) mass is 414 g/mol. The van der Waals surface area contributed by atoms with Crippen molar-refractivity contribution in [2.75, 3.05) is 26.2 Å². The van der Waals surface area contributed by atoms with Crippen molar-refractivity contribution >= 4 is 23.0 Å². The van der Waals surface area contributed by atoms with Crippen LogP contribution >= 0.6 is 11.3 Å². The number of aromatic hydroxyl groups is 1. The molecule has 2 heterocycles. The molecular formula is C22H26N2O4S. The Morgan fingerprint density at radius 2 is 1.93 bits per heavy atom. The minimum Gasteiger partial charge on any atom is -0.508 e. The Kier molecular flexibility index (Phi) is 6.71. The summed E-state index contributed by atoms with van der Waals surface area (Å²) >= 11 is 1.27. The largest absolute Gasteiger partial charge is 0.508 e. The quantitative estimate of drug-likeness (QED) is 0.611. The Labute approximate surface area is 174 Å². The van der Waals surface area contributed by atoms with E-state index >= 15 is 0 Å². The first-order valence-corrected chi connectivity index (χ1v) is 10.7. The fourth-order valence-electron chi connectivity index (χ4n) is 3.70. The molecule has 1 aliphatic rings. The van der Waals surface area contributed by atoms with Gasteiger partial charge in [0.15, 0.2) is 5.76 Å². The summed E-state index contributed by atoms with van der Waals surface area (Å²) in [5, 5.41) is 22.3. The van der Waals surface area contributed by atoms with Gasteiger partial charge in [-0.25, -0.2) is 0 Å². The molecule has 29 heavy (non-hydrogen) atoms. The normalized spacial score (nSPS) is 16.9. The van der Waals surface area contributed by atoms with E-state index < -0.39 is 17.7 Å². The first kappa shape index (κ1) is 21.1. The number of rotatable bonds is 9. The summed E-state index contributed by atoms with van der Waals surface area (Å²) in [7, 11) is 0. The van der Waals surface area contributed by atoms with Crippen molar-refractivity contribution in [3.05, 3.63) is 63.6 Å². The molecule has 0 radical (unpaired) electrons. The average molecular weight is 415 g/mol. The van der Waals surface area contributed by atoms with Gasteiger partial charge in [0.25, 0.3) is 5.91 Å². The molecule has 0 bridgehead atoms. The van der Waals surface area contributed by atoms with Crippen LogP contribution in [0.25, 0.3) is 0 Å². The van der Waals surface area contributed by atoms with Crippen molar-refractivity contribution in [1.82, 2.24) is 9.80 Å². The number of aliphatic hydroxyl groups excluding tert-OH is 1. The number of carbonyl (C=O) groups is 2. The minimum atomic E-state index is -0.721. The summed E-state index contributed by atoms with van der Waals surface area (Å²) in [6.07, 6.45) is 0.719. The van der Waals surface area contributed by atoms with Crippen molar-refractivity contribution < 1.29 is 19.8 Å². The second-order valence-electron chi connectivity index (χ2n) is 6.95. The van der Waals surface area contributed by atoms with E-state index in [0.717, 1.165) is 26.1 Å². The SMILES string of the molecule is CCN(CC)CCCN1C(=O)C(O)=C(C(=O)c2cccs2)C1c1cccc(O)c1. The number of benzene rings is 1. The van der Waals surface area contributed by atoms with Crippen molar-refractivity contribution in [2.24, 2.45) is 0 Å². The number of amides is 1. The van der Waals surface area contributed by atoms with Crippen LogP contribution in [0.5, 0.6) is 5.75 Å². The fraction of sp³-hybridized carbons (Fsp3) is 0.364. The average Bonchev–Trinajstić information content (AvgIpc) is 3.33. The Morgan fingerprint density at radius 1 is 1.17 bits per heavy atom. The molecule has 1 amide bonds. The Morgan fingerprint density at radius 3 is 2.55 bits per heavy atom. The smallest absolute Gasteiger partial charge is 0.290 e. The Bertz CT molecular complexity index is 903. The van der Waals surface area contributed by atoms with E-state index in [4.69, 9.17) is 0 Å². The van der Waals surface area contributed by atoms with Crippen LogP contribution in [0.2, 0.25) is 0 Å². The van der Waals surface area contributed by atoms with Gasteiger partial charge in [-0.3, -0.25) is 9.59 Å². The van der Waals surface area contributed by atoms with E-state index in [0.29, 0.717) is 17.0 Å². The van der Waals surface area contributed by atoms with Gasteiger partial charge in [0.05, 0.1) is 16.5 Å². The van der Waals surface area contributed by atoms with Crippen LogP contribution in [0.4, 0.5) is 0 Å². The van der Waals surface area contributed by atoms with Gasteiger partial charge < -0.3 is 20.0 Å². The molecule has 1 aromatic carbocycles. The van der Waals surface area contributed by atoms with Crippen LogP contribution in [0.1, 0.15) is 41.5 Å². The highest BCUT2D eigenvalue weighted by molar-refractivity contribution is 7.12. The zero-order valence-corrected chi connectivity index (χ0v) is 17.5. The first-order valence-electron chi connectivity index (χ1n) is 9.81. The van der Waals surface area contributed by atoms with Crippen molar-refractivity contribution in [1.29, 1.82) is 0 Å². The van der Waals surface area contributed by atoms with E-state index in [1.165, 1.54) is 28.4 Å². The minimum absolute atomic E-state index is 0.0485. The maximum Gasteiger partial charge on any atom is 0.290 e. The summed E-state index contributed by atoms with van der Waals surface area (Å²) in [6, 6.07) is 9.23. The van der Waals surface area contributed by atoms with Crippen molar-refractivity contribution in [3.63, 3.8) is 0 Å². The zero-order valence-electron chi connectivity index (χ0n) is 16.7. The fourth-order valence-corrected chi connectivity index (χ4v) is 4.38. The second kappa shape index (κ2) is 9.24. The van der Waals surface area contributed by atoms with Gasteiger partial charge in [0.1, 0.15) is 5.75 Å². The number of carbonyl (C=O) groups excluding carboxylic acids is 2. The maximum atomic E-state index is 13.1. The lowest BCUT2D eigenvalue weighted by atomic mass is 9.95. The van der Waals surface area contributed by atoms with Crippen molar-refractivity contribution in [2.45, 2.75) is 26.3 Å². The molecule has 2 N–H and O–H groups in total.